The number of anilines is 1. The van der Waals surface area contributed by atoms with Crippen molar-refractivity contribution in [1.29, 1.82) is 0 Å². The van der Waals surface area contributed by atoms with E-state index in [-0.39, 0.29) is 34.5 Å². The molecule has 1 aromatic rings. The Bertz CT molecular complexity index is 839. The van der Waals surface area contributed by atoms with Gasteiger partial charge in [-0.2, -0.15) is 0 Å². The SMILES string of the molecule is [CH2]c1ccc(NC(=O)[C@H](C)NC(=O)[C@@H](NC(=O)CCCCCNC(=O)C(=C)Br)C(C)C)cc1. The van der Waals surface area contributed by atoms with E-state index in [2.05, 4.69) is 50.7 Å². The molecule has 0 unspecified atom stereocenters. The van der Waals surface area contributed by atoms with Gasteiger partial charge in [-0.15, -0.1) is 0 Å². The molecule has 4 N–H and O–H groups in total. The highest BCUT2D eigenvalue weighted by Crippen LogP contribution is 2.10. The van der Waals surface area contributed by atoms with Crippen LogP contribution in [0.25, 0.3) is 0 Å². The number of carbonyl (C=O) groups is 4. The first-order valence-electron chi connectivity index (χ1n) is 11.0. The summed E-state index contributed by atoms with van der Waals surface area (Å²) in [5.41, 5.74) is 1.44. The molecule has 0 aliphatic heterocycles. The number of unbranched alkanes of at least 4 members (excludes halogenated alkanes) is 2. The third-order valence-electron chi connectivity index (χ3n) is 4.85. The van der Waals surface area contributed by atoms with Crippen LogP contribution in [-0.4, -0.2) is 42.3 Å². The van der Waals surface area contributed by atoms with Gasteiger partial charge in [0.15, 0.2) is 0 Å². The lowest BCUT2D eigenvalue weighted by Crippen LogP contribution is -2.53. The van der Waals surface area contributed by atoms with Crippen LogP contribution in [0, 0.1) is 12.8 Å². The average Bonchev–Trinajstić information content (AvgIpc) is 2.75. The van der Waals surface area contributed by atoms with Crippen molar-refractivity contribution in [3.63, 3.8) is 0 Å². The highest BCUT2D eigenvalue weighted by Gasteiger charge is 2.26. The zero-order chi connectivity index (χ0) is 25.0. The van der Waals surface area contributed by atoms with Crippen molar-refractivity contribution < 1.29 is 19.2 Å². The normalized spacial score (nSPS) is 12.4. The van der Waals surface area contributed by atoms with Crippen molar-refractivity contribution in [2.45, 2.75) is 58.5 Å². The summed E-state index contributed by atoms with van der Waals surface area (Å²) in [4.78, 5) is 48.8. The lowest BCUT2D eigenvalue weighted by atomic mass is 10.0. The molecule has 0 saturated carbocycles. The van der Waals surface area contributed by atoms with Crippen molar-refractivity contribution in [3.8, 4) is 0 Å². The second-order valence-electron chi connectivity index (χ2n) is 8.18. The molecule has 0 saturated heterocycles. The van der Waals surface area contributed by atoms with Gasteiger partial charge in [-0.25, -0.2) is 0 Å². The molecule has 33 heavy (non-hydrogen) atoms. The number of benzene rings is 1. The molecule has 9 heteroatoms. The van der Waals surface area contributed by atoms with E-state index in [1.807, 2.05) is 13.8 Å². The molecule has 0 spiro atoms. The molecule has 1 aromatic carbocycles. The molecule has 2 atom stereocenters. The molecule has 0 aromatic heterocycles. The van der Waals surface area contributed by atoms with Gasteiger partial charge in [-0.05, 0) is 66.2 Å². The third-order valence-corrected chi connectivity index (χ3v) is 5.21. The standard InChI is InChI=1S/C24H34BrN4O4/c1-15(2)21(29-20(30)9-7-6-8-14-26-22(31)17(4)25)24(33)27-18(5)23(32)28-19-12-10-16(3)11-13-19/h10-13,15,18,21H,3-4,6-9,14H2,1-2,5H3,(H,26,31)(H,27,33)(H,28,32)(H,29,30)/t18-,21-/m0/s1. The topological polar surface area (TPSA) is 116 Å². The van der Waals surface area contributed by atoms with Gasteiger partial charge in [0.1, 0.15) is 12.1 Å². The van der Waals surface area contributed by atoms with Gasteiger partial charge in [-0.1, -0.05) is 39.0 Å². The van der Waals surface area contributed by atoms with Crippen molar-refractivity contribution in [2.24, 2.45) is 5.92 Å². The first-order valence-corrected chi connectivity index (χ1v) is 11.8. The molecule has 1 radical (unpaired) electrons. The lowest BCUT2D eigenvalue weighted by molar-refractivity contribution is -0.131. The fourth-order valence-corrected chi connectivity index (χ4v) is 3.01. The Hall–Kier alpha value is -2.68. The van der Waals surface area contributed by atoms with Crippen LogP contribution in [0.1, 0.15) is 52.0 Å². The zero-order valence-electron chi connectivity index (χ0n) is 19.5. The quantitative estimate of drug-likeness (QED) is 0.235. The molecule has 4 amide bonds. The number of nitrogens with one attached hydrogen (secondary N) is 4. The molecule has 8 nitrogen and oxygen atoms in total. The second-order valence-corrected chi connectivity index (χ2v) is 9.13. The van der Waals surface area contributed by atoms with Crippen molar-refractivity contribution in [1.82, 2.24) is 16.0 Å². The number of hydrogen-bond donors (Lipinski definition) is 4. The van der Waals surface area contributed by atoms with Gasteiger partial charge in [0, 0.05) is 18.7 Å². The van der Waals surface area contributed by atoms with E-state index in [0.29, 0.717) is 18.7 Å². The van der Waals surface area contributed by atoms with Crippen LogP contribution in [0.3, 0.4) is 0 Å². The summed E-state index contributed by atoms with van der Waals surface area (Å²) in [6.45, 7) is 13.0. The summed E-state index contributed by atoms with van der Waals surface area (Å²) >= 11 is 3.01. The van der Waals surface area contributed by atoms with E-state index in [0.717, 1.165) is 18.4 Å². The lowest BCUT2D eigenvalue weighted by Gasteiger charge is -2.24. The maximum absolute atomic E-state index is 12.7. The summed E-state index contributed by atoms with van der Waals surface area (Å²) in [6, 6.07) is 5.50. The largest absolute Gasteiger partial charge is 0.352 e. The Morgan fingerprint density at radius 2 is 1.58 bits per heavy atom. The highest BCUT2D eigenvalue weighted by molar-refractivity contribution is 9.12. The van der Waals surface area contributed by atoms with E-state index in [4.69, 9.17) is 0 Å². The van der Waals surface area contributed by atoms with E-state index in [9.17, 15) is 19.2 Å². The third kappa shape index (κ3) is 11.1. The van der Waals surface area contributed by atoms with Gasteiger partial charge < -0.3 is 21.3 Å². The van der Waals surface area contributed by atoms with Gasteiger partial charge in [0.2, 0.25) is 17.7 Å². The number of carbonyl (C=O) groups excluding carboxylic acids is 4. The summed E-state index contributed by atoms with van der Waals surface area (Å²) < 4.78 is 0.277. The maximum atomic E-state index is 12.7. The van der Waals surface area contributed by atoms with Crippen LogP contribution in [0.15, 0.2) is 35.3 Å². The Morgan fingerprint density at radius 3 is 2.15 bits per heavy atom. The zero-order valence-corrected chi connectivity index (χ0v) is 21.1. The number of amides is 4. The number of rotatable bonds is 13. The molecular weight excluding hydrogens is 488 g/mol. The van der Waals surface area contributed by atoms with Gasteiger partial charge in [-0.3, -0.25) is 19.2 Å². The Labute approximate surface area is 204 Å². The van der Waals surface area contributed by atoms with Gasteiger partial charge in [0.25, 0.3) is 5.91 Å². The van der Waals surface area contributed by atoms with E-state index >= 15 is 0 Å². The van der Waals surface area contributed by atoms with E-state index in [1.165, 1.54) is 0 Å². The van der Waals surface area contributed by atoms with Crippen molar-refractivity contribution >= 4 is 45.2 Å². The minimum Gasteiger partial charge on any atom is -0.352 e. The maximum Gasteiger partial charge on any atom is 0.257 e. The minimum absolute atomic E-state index is 0.152. The summed E-state index contributed by atoms with van der Waals surface area (Å²) in [5.74, 6) is -1.40. The molecule has 0 fully saturated rings. The fraction of sp³-hybridized carbons (Fsp3) is 0.458. The van der Waals surface area contributed by atoms with Crippen LogP contribution in [0.5, 0.6) is 0 Å². The number of halogens is 1. The van der Waals surface area contributed by atoms with Crippen LogP contribution < -0.4 is 21.3 Å². The summed E-state index contributed by atoms with van der Waals surface area (Å²) in [5, 5.41) is 10.9. The van der Waals surface area contributed by atoms with Gasteiger partial charge >= 0.3 is 0 Å². The van der Waals surface area contributed by atoms with E-state index < -0.39 is 18.0 Å². The van der Waals surface area contributed by atoms with Crippen molar-refractivity contribution in [3.05, 3.63) is 47.8 Å². The van der Waals surface area contributed by atoms with Gasteiger partial charge in [0.05, 0.1) is 4.48 Å². The monoisotopic (exact) mass is 521 g/mol. The molecular formula is C24H34BrN4O4. The number of hydrogen-bond acceptors (Lipinski definition) is 4. The molecule has 0 aliphatic carbocycles. The summed E-state index contributed by atoms with van der Waals surface area (Å²) in [6.07, 6.45) is 2.40. The Kier molecular flexibility index (Phi) is 12.4. The molecule has 181 valence electrons. The van der Waals surface area contributed by atoms with Crippen LogP contribution in [0.4, 0.5) is 5.69 Å². The molecule has 0 bridgehead atoms. The summed E-state index contributed by atoms with van der Waals surface area (Å²) in [7, 11) is 0. The smallest absolute Gasteiger partial charge is 0.257 e. The first-order chi connectivity index (χ1) is 15.5. The van der Waals surface area contributed by atoms with Crippen LogP contribution >= 0.6 is 15.9 Å². The van der Waals surface area contributed by atoms with E-state index in [1.54, 1.807) is 31.2 Å². The predicted molar refractivity (Wildman–Crippen MR) is 133 cm³/mol. The fourth-order valence-electron chi connectivity index (χ4n) is 2.87. The van der Waals surface area contributed by atoms with Crippen LogP contribution in [0.2, 0.25) is 0 Å². The molecule has 0 aliphatic rings. The molecule has 0 heterocycles. The minimum atomic E-state index is -0.777. The molecule has 1 rings (SSSR count). The second kappa shape index (κ2) is 14.5. The first kappa shape index (κ1) is 28.4. The van der Waals surface area contributed by atoms with Crippen LogP contribution in [-0.2, 0) is 19.2 Å². The Morgan fingerprint density at radius 1 is 0.939 bits per heavy atom. The highest BCUT2D eigenvalue weighted by atomic mass is 79.9. The predicted octanol–water partition coefficient (Wildman–Crippen LogP) is 3.04. The Balaban J connectivity index is 2.43. The average molecular weight is 522 g/mol. The van der Waals surface area contributed by atoms with Crippen molar-refractivity contribution in [2.75, 3.05) is 11.9 Å².